The SMILES string of the molecule is Cc1ccc(C(CN)N2CCN(CC(C)C)CC2)cc1Br. The van der Waals surface area contributed by atoms with Gasteiger partial charge in [-0.05, 0) is 30.0 Å². The molecule has 0 amide bonds. The van der Waals surface area contributed by atoms with E-state index in [0.717, 1.165) is 32.1 Å². The average molecular weight is 354 g/mol. The van der Waals surface area contributed by atoms with E-state index in [1.54, 1.807) is 0 Å². The van der Waals surface area contributed by atoms with Crippen molar-refractivity contribution in [3.8, 4) is 0 Å². The maximum absolute atomic E-state index is 6.07. The highest BCUT2D eigenvalue weighted by Crippen LogP contribution is 2.26. The summed E-state index contributed by atoms with van der Waals surface area (Å²) in [6.45, 7) is 13.1. The second kappa shape index (κ2) is 7.73. The van der Waals surface area contributed by atoms with Crippen molar-refractivity contribution in [2.24, 2.45) is 11.7 Å². The van der Waals surface area contributed by atoms with Crippen LogP contribution in [-0.4, -0.2) is 49.1 Å². The molecular weight excluding hydrogens is 326 g/mol. The number of piperazine rings is 1. The molecule has 2 N–H and O–H groups in total. The zero-order valence-corrected chi connectivity index (χ0v) is 15.1. The van der Waals surface area contributed by atoms with E-state index in [-0.39, 0.29) is 0 Å². The molecule has 0 radical (unpaired) electrons. The van der Waals surface area contributed by atoms with Gasteiger partial charge in [-0.2, -0.15) is 0 Å². The maximum atomic E-state index is 6.07. The Kier molecular flexibility index (Phi) is 6.23. The molecule has 1 unspecified atom stereocenters. The molecular formula is C17H28BrN3. The summed E-state index contributed by atoms with van der Waals surface area (Å²) in [4.78, 5) is 5.10. The summed E-state index contributed by atoms with van der Waals surface area (Å²) in [5.74, 6) is 0.745. The van der Waals surface area contributed by atoms with E-state index in [2.05, 4.69) is 64.7 Å². The Morgan fingerprint density at radius 3 is 2.38 bits per heavy atom. The molecule has 1 aliphatic heterocycles. The Labute approximate surface area is 137 Å². The highest BCUT2D eigenvalue weighted by Gasteiger charge is 2.24. The van der Waals surface area contributed by atoms with Crippen molar-refractivity contribution < 1.29 is 0 Å². The Hall–Kier alpha value is -0.420. The topological polar surface area (TPSA) is 32.5 Å². The molecule has 0 aromatic heterocycles. The molecule has 3 nitrogen and oxygen atoms in total. The first-order valence-corrected chi connectivity index (χ1v) is 8.73. The van der Waals surface area contributed by atoms with Gasteiger partial charge in [-0.3, -0.25) is 4.90 Å². The second-order valence-corrected chi connectivity index (χ2v) is 7.34. The standard InChI is InChI=1S/C17H28BrN3/c1-13(2)12-20-6-8-21(9-7-20)17(11-19)15-5-4-14(3)16(18)10-15/h4-5,10,13,17H,6-9,11-12,19H2,1-3H3. The van der Waals surface area contributed by atoms with Crippen molar-refractivity contribution in [2.45, 2.75) is 26.8 Å². The Morgan fingerprint density at radius 2 is 1.86 bits per heavy atom. The third-order valence-corrected chi connectivity index (χ3v) is 5.13. The summed E-state index contributed by atoms with van der Waals surface area (Å²) in [6, 6.07) is 6.96. The van der Waals surface area contributed by atoms with Crippen molar-refractivity contribution in [3.05, 3.63) is 33.8 Å². The maximum Gasteiger partial charge on any atom is 0.0471 e. The highest BCUT2D eigenvalue weighted by atomic mass is 79.9. The fraction of sp³-hybridized carbons (Fsp3) is 0.647. The number of benzene rings is 1. The smallest absolute Gasteiger partial charge is 0.0471 e. The van der Waals surface area contributed by atoms with E-state index in [1.807, 2.05) is 0 Å². The molecule has 1 aromatic carbocycles. The molecule has 1 aromatic rings. The molecule has 0 aliphatic carbocycles. The van der Waals surface area contributed by atoms with Crippen LogP contribution < -0.4 is 5.73 Å². The second-order valence-electron chi connectivity index (χ2n) is 6.49. The average Bonchev–Trinajstić information content (AvgIpc) is 2.45. The van der Waals surface area contributed by atoms with E-state index in [1.165, 1.54) is 22.1 Å². The molecule has 1 heterocycles. The minimum absolute atomic E-state index is 0.336. The zero-order valence-electron chi connectivity index (χ0n) is 13.5. The number of nitrogens with zero attached hydrogens (tertiary/aromatic N) is 2. The molecule has 0 spiro atoms. The van der Waals surface area contributed by atoms with Gasteiger partial charge in [-0.15, -0.1) is 0 Å². The van der Waals surface area contributed by atoms with Gasteiger partial charge in [0.05, 0.1) is 0 Å². The van der Waals surface area contributed by atoms with Crippen LogP contribution in [0.4, 0.5) is 0 Å². The molecule has 0 bridgehead atoms. The molecule has 1 atom stereocenters. The van der Waals surface area contributed by atoms with Crippen molar-refractivity contribution in [3.63, 3.8) is 0 Å². The molecule has 118 valence electrons. The van der Waals surface area contributed by atoms with Crippen molar-refractivity contribution in [1.82, 2.24) is 9.80 Å². The molecule has 2 rings (SSSR count). The van der Waals surface area contributed by atoms with Crippen LogP contribution in [-0.2, 0) is 0 Å². The van der Waals surface area contributed by atoms with E-state index >= 15 is 0 Å². The predicted molar refractivity (Wildman–Crippen MR) is 93.5 cm³/mol. The van der Waals surface area contributed by atoms with Gasteiger partial charge in [-0.1, -0.05) is 41.9 Å². The number of halogens is 1. The van der Waals surface area contributed by atoms with Gasteiger partial charge in [0.1, 0.15) is 0 Å². The van der Waals surface area contributed by atoms with E-state index in [4.69, 9.17) is 5.73 Å². The Morgan fingerprint density at radius 1 is 1.19 bits per heavy atom. The molecule has 21 heavy (non-hydrogen) atoms. The lowest BCUT2D eigenvalue weighted by Crippen LogP contribution is -2.49. The van der Waals surface area contributed by atoms with Crippen molar-refractivity contribution in [1.29, 1.82) is 0 Å². The third kappa shape index (κ3) is 4.52. The Balaban J connectivity index is 2.00. The van der Waals surface area contributed by atoms with Crippen LogP contribution in [0.25, 0.3) is 0 Å². The molecule has 1 saturated heterocycles. The summed E-state index contributed by atoms with van der Waals surface area (Å²) in [5.41, 5.74) is 8.67. The van der Waals surface area contributed by atoms with Crippen LogP contribution in [0.1, 0.15) is 31.0 Å². The first kappa shape index (κ1) is 16.9. The lowest BCUT2D eigenvalue weighted by Gasteiger charge is -2.39. The molecule has 4 heteroatoms. The van der Waals surface area contributed by atoms with Gasteiger partial charge < -0.3 is 10.6 Å². The lowest BCUT2D eigenvalue weighted by atomic mass is 10.0. The molecule has 1 aliphatic rings. The van der Waals surface area contributed by atoms with Gasteiger partial charge in [0, 0.05) is 49.8 Å². The predicted octanol–water partition coefficient (Wildman–Crippen LogP) is 3.03. The number of nitrogens with two attached hydrogens (primary N) is 1. The first-order valence-electron chi connectivity index (χ1n) is 7.93. The summed E-state index contributed by atoms with van der Waals surface area (Å²) < 4.78 is 1.18. The molecule has 1 fully saturated rings. The number of rotatable bonds is 5. The molecule has 0 saturated carbocycles. The monoisotopic (exact) mass is 353 g/mol. The summed E-state index contributed by atoms with van der Waals surface area (Å²) in [6.07, 6.45) is 0. The first-order chi connectivity index (χ1) is 10.0. The Bertz CT molecular complexity index is 453. The fourth-order valence-electron chi connectivity index (χ4n) is 3.09. The minimum atomic E-state index is 0.336. The number of aryl methyl sites for hydroxylation is 1. The van der Waals surface area contributed by atoms with Gasteiger partial charge in [-0.25, -0.2) is 0 Å². The summed E-state index contributed by atoms with van der Waals surface area (Å²) in [5, 5.41) is 0. The lowest BCUT2D eigenvalue weighted by molar-refractivity contribution is 0.0912. The van der Waals surface area contributed by atoms with Crippen LogP contribution in [0.3, 0.4) is 0 Å². The van der Waals surface area contributed by atoms with Crippen LogP contribution in [0.5, 0.6) is 0 Å². The van der Waals surface area contributed by atoms with Crippen molar-refractivity contribution in [2.75, 3.05) is 39.3 Å². The normalized spacial score (nSPS) is 19.1. The van der Waals surface area contributed by atoms with Gasteiger partial charge in [0.2, 0.25) is 0 Å². The number of hydrogen-bond acceptors (Lipinski definition) is 3. The van der Waals surface area contributed by atoms with Crippen LogP contribution in [0, 0.1) is 12.8 Å². The van der Waals surface area contributed by atoms with Crippen LogP contribution in [0.2, 0.25) is 0 Å². The fourth-order valence-corrected chi connectivity index (χ4v) is 3.48. The zero-order chi connectivity index (χ0) is 15.4. The van der Waals surface area contributed by atoms with Gasteiger partial charge in [0.15, 0.2) is 0 Å². The van der Waals surface area contributed by atoms with Crippen LogP contribution in [0.15, 0.2) is 22.7 Å². The number of hydrogen-bond donors (Lipinski definition) is 1. The largest absolute Gasteiger partial charge is 0.329 e. The van der Waals surface area contributed by atoms with Gasteiger partial charge in [0.25, 0.3) is 0 Å². The minimum Gasteiger partial charge on any atom is -0.329 e. The highest BCUT2D eigenvalue weighted by molar-refractivity contribution is 9.10. The van der Waals surface area contributed by atoms with E-state index in [9.17, 15) is 0 Å². The summed E-state index contributed by atoms with van der Waals surface area (Å²) >= 11 is 3.64. The van der Waals surface area contributed by atoms with E-state index < -0.39 is 0 Å². The third-order valence-electron chi connectivity index (χ3n) is 4.27. The van der Waals surface area contributed by atoms with Crippen LogP contribution >= 0.6 is 15.9 Å². The van der Waals surface area contributed by atoms with E-state index in [0.29, 0.717) is 12.6 Å². The summed E-state index contributed by atoms with van der Waals surface area (Å²) in [7, 11) is 0. The van der Waals surface area contributed by atoms with Crippen molar-refractivity contribution >= 4 is 15.9 Å². The quantitative estimate of drug-likeness (QED) is 0.882. The van der Waals surface area contributed by atoms with Gasteiger partial charge >= 0.3 is 0 Å².